The van der Waals surface area contributed by atoms with Crippen molar-refractivity contribution >= 4 is 23.5 Å². The number of halogens is 1. The van der Waals surface area contributed by atoms with Gasteiger partial charge in [-0.05, 0) is 18.2 Å². The predicted molar refractivity (Wildman–Crippen MR) is 82.5 cm³/mol. The molecule has 114 valence electrons. The van der Waals surface area contributed by atoms with Crippen molar-refractivity contribution in [1.82, 2.24) is 15.5 Å². The zero-order valence-corrected chi connectivity index (χ0v) is 12.4. The molecule has 0 aliphatic carbocycles. The summed E-state index contributed by atoms with van der Waals surface area (Å²) in [4.78, 5) is 23.1. The number of hydrogen-bond acceptors (Lipinski definition) is 4. The van der Waals surface area contributed by atoms with Crippen LogP contribution in [-0.2, 0) is 9.53 Å². The van der Waals surface area contributed by atoms with Crippen LogP contribution in [0.5, 0.6) is 0 Å². The molecular weight excluding hydrogens is 306 g/mol. The molecule has 0 fully saturated rings. The Hall–Kier alpha value is -2.60. The SMILES string of the molecule is C=CCNC(=O)COC(=O)c1cc(-c2ccc(Cl)cc2)n[nH]1. The van der Waals surface area contributed by atoms with E-state index in [1.54, 1.807) is 30.3 Å². The number of carbonyl (C=O) groups excluding carboxylic acids is 2. The van der Waals surface area contributed by atoms with Crippen molar-refractivity contribution < 1.29 is 14.3 Å². The van der Waals surface area contributed by atoms with Gasteiger partial charge < -0.3 is 10.1 Å². The molecule has 0 radical (unpaired) electrons. The Labute approximate surface area is 132 Å². The van der Waals surface area contributed by atoms with Crippen molar-refractivity contribution in [3.8, 4) is 11.3 Å². The summed E-state index contributed by atoms with van der Waals surface area (Å²) in [5, 5.41) is 9.73. The molecule has 0 saturated carbocycles. The second-order valence-electron chi connectivity index (χ2n) is 4.34. The number of rotatable bonds is 6. The van der Waals surface area contributed by atoms with E-state index in [2.05, 4.69) is 22.1 Å². The van der Waals surface area contributed by atoms with Crippen LogP contribution in [0.1, 0.15) is 10.5 Å². The van der Waals surface area contributed by atoms with Gasteiger partial charge >= 0.3 is 5.97 Å². The van der Waals surface area contributed by atoms with Crippen LogP contribution in [0.4, 0.5) is 0 Å². The van der Waals surface area contributed by atoms with Gasteiger partial charge in [0, 0.05) is 17.1 Å². The Balaban J connectivity index is 1.96. The lowest BCUT2D eigenvalue weighted by atomic mass is 10.1. The van der Waals surface area contributed by atoms with E-state index in [4.69, 9.17) is 16.3 Å². The lowest BCUT2D eigenvalue weighted by Crippen LogP contribution is -2.28. The van der Waals surface area contributed by atoms with Crippen molar-refractivity contribution in [3.05, 3.63) is 53.7 Å². The molecule has 7 heteroatoms. The molecule has 1 aromatic carbocycles. The Bertz CT molecular complexity index is 680. The number of nitrogens with zero attached hydrogens (tertiary/aromatic N) is 1. The monoisotopic (exact) mass is 319 g/mol. The van der Waals surface area contributed by atoms with Gasteiger partial charge in [-0.3, -0.25) is 9.89 Å². The first-order valence-electron chi connectivity index (χ1n) is 6.46. The van der Waals surface area contributed by atoms with Gasteiger partial charge in [0.2, 0.25) is 0 Å². The molecule has 0 aliphatic heterocycles. The molecule has 0 atom stereocenters. The number of ether oxygens (including phenoxy) is 1. The Kier molecular flexibility index (Phi) is 5.32. The number of nitrogens with one attached hydrogen (secondary N) is 2. The van der Waals surface area contributed by atoms with Gasteiger partial charge in [-0.25, -0.2) is 4.79 Å². The summed E-state index contributed by atoms with van der Waals surface area (Å²) in [6.45, 7) is 3.43. The largest absolute Gasteiger partial charge is 0.451 e. The smallest absolute Gasteiger partial charge is 0.356 e. The summed E-state index contributed by atoms with van der Waals surface area (Å²) < 4.78 is 4.88. The van der Waals surface area contributed by atoms with Gasteiger partial charge in [0.05, 0.1) is 5.69 Å². The van der Waals surface area contributed by atoms with E-state index in [1.807, 2.05) is 0 Å². The van der Waals surface area contributed by atoms with Gasteiger partial charge in [-0.1, -0.05) is 29.8 Å². The fraction of sp³-hybridized carbons (Fsp3) is 0.133. The standard InChI is InChI=1S/C15H14ClN3O3/c1-2-7-17-14(20)9-22-15(21)13-8-12(18-19-13)10-3-5-11(16)6-4-10/h2-6,8H,1,7,9H2,(H,17,20)(H,18,19). The number of amides is 1. The van der Waals surface area contributed by atoms with Crippen LogP contribution < -0.4 is 5.32 Å². The topological polar surface area (TPSA) is 84.1 Å². The molecule has 1 heterocycles. The van der Waals surface area contributed by atoms with Crippen LogP contribution >= 0.6 is 11.6 Å². The van der Waals surface area contributed by atoms with Crippen molar-refractivity contribution in [1.29, 1.82) is 0 Å². The highest BCUT2D eigenvalue weighted by Gasteiger charge is 2.13. The van der Waals surface area contributed by atoms with E-state index >= 15 is 0 Å². The second-order valence-corrected chi connectivity index (χ2v) is 4.78. The molecule has 0 spiro atoms. The number of hydrogen-bond donors (Lipinski definition) is 2. The molecule has 0 aliphatic rings. The molecule has 6 nitrogen and oxygen atoms in total. The fourth-order valence-electron chi connectivity index (χ4n) is 1.64. The average molecular weight is 320 g/mol. The Morgan fingerprint density at radius 3 is 2.77 bits per heavy atom. The van der Waals surface area contributed by atoms with Crippen LogP contribution in [0.2, 0.25) is 5.02 Å². The van der Waals surface area contributed by atoms with Crippen molar-refractivity contribution in [2.45, 2.75) is 0 Å². The fourth-order valence-corrected chi connectivity index (χ4v) is 1.77. The lowest BCUT2D eigenvalue weighted by Gasteiger charge is -2.03. The predicted octanol–water partition coefficient (Wildman–Crippen LogP) is 2.19. The highest BCUT2D eigenvalue weighted by atomic mass is 35.5. The molecule has 1 amide bonds. The maximum atomic E-state index is 11.8. The van der Waals surface area contributed by atoms with Crippen LogP contribution in [0, 0.1) is 0 Å². The summed E-state index contributed by atoms with van der Waals surface area (Å²) in [6.07, 6.45) is 1.53. The summed E-state index contributed by atoms with van der Waals surface area (Å²) in [5.74, 6) is -1.05. The molecule has 0 unspecified atom stereocenters. The minimum Gasteiger partial charge on any atom is -0.451 e. The second kappa shape index (κ2) is 7.42. The minimum absolute atomic E-state index is 0.168. The van der Waals surface area contributed by atoms with Crippen molar-refractivity contribution in [2.24, 2.45) is 0 Å². The average Bonchev–Trinajstić information content (AvgIpc) is 3.01. The van der Waals surface area contributed by atoms with Crippen LogP contribution in [0.3, 0.4) is 0 Å². The van der Waals surface area contributed by atoms with Crippen LogP contribution in [-0.4, -0.2) is 35.2 Å². The highest BCUT2D eigenvalue weighted by Crippen LogP contribution is 2.20. The Morgan fingerprint density at radius 1 is 1.36 bits per heavy atom. The van der Waals surface area contributed by atoms with Gasteiger partial charge in [-0.15, -0.1) is 6.58 Å². The van der Waals surface area contributed by atoms with Crippen molar-refractivity contribution in [2.75, 3.05) is 13.2 Å². The van der Waals surface area contributed by atoms with E-state index < -0.39 is 11.9 Å². The van der Waals surface area contributed by atoms with E-state index in [1.165, 1.54) is 6.08 Å². The third kappa shape index (κ3) is 4.20. The molecule has 2 aromatic rings. The first kappa shape index (κ1) is 15.8. The first-order valence-corrected chi connectivity index (χ1v) is 6.84. The van der Waals surface area contributed by atoms with Crippen LogP contribution in [0.15, 0.2) is 43.0 Å². The number of carbonyl (C=O) groups is 2. The normalized spacial score (nSPS) is 10.0. The number of benzene rings is 1. The molecule has 22 heavy (non-hydrogen) atoms. The molecule has 0 bridgehead atoms. The number of esters is 1. The van der Waals surface area contributed by atoms with E-state index in [0.717, 1.165) is 5.56 Å². The maximum absolute atomic E-state index is 11.8. The summed E-state index contributed by atoms with van der Waals surface area (Å²) in [5.41, 5.74) is 1.56. The van der Waals surface area contributed by atoms with Crippen molar-refractivity contribution in [3.63, 3.8) is 0 Å². The molecule has 2 rings (SSSR count). The summed E-state index contributed by atoms with van der Waals surface area (Å²) in [6, 6.07) is 8.58. The van der Waals surface area contributed by atoms with E-state index in [0.29, 0.717) is 17.3 Å². The Morgan fingerprint density at radius 2 is 2.09 bits per heavy atom. The zero-order valence-electron chi connectivity index (χ0n) is 11.6. The minimum atomic E-state index is -0.651. The molecular formula is C15H14ClN3O3. The molecule has 0 saturated heterocycles. The van der Waals surface area contributed by atoms with Crippen LogP contribution in [0.25, 0.3) is 11.3 Å². The maximum Gasteiger partial charge on any atom is 0.356 e. The van der Waals surface area contributed by atoms with Gasteiger partial charge in [0.25, 0.3) is 5.91 Å². The van der Waals surface area contributed by atoms with E-state index in [9.17, 15) is 9.59 Å². The lowest BCUT2D eigenvalue weighted by molar-refractivity contribution is -0.124. The number of aromatic amines is 1. The summed E-state index contributed by atoms with van der Waals surface area (Å²) >= 11 is 5.82. The molecule has 2 N–H and O–H groups in total. The highest BCUT2D eigenvalue weighted by molar-refractivity contribution is 6.30. The molecule has 1 aromatic heterocycles. The summed E-state index contributed by atoms with van der Waals surface area (Å²) in [7, 11) is 0. The van der Waals surface area contributed by atoms with Gasteiger partial charge in [-0.2, -0.15) is 5.10 Å². The third-order valence-electron chi connectivity index (χ3n) is 2.72. The van der Waals surface area contributed by atoms with Gasteiger partial charge in [0.1, 0.15) is 5.69 Å². The third-order valence-corrected chi connectivity index (χ3v) is 2.97. The zero-order chi connectivity index (χ0) is 15.9. The van der Waals surface area contributed by atoms with Gasteiger partial charge in [0.15, 0.2) is 6.61 Å². The first-order chi connectivity index (χ1) is 10.6. The number of aromatic nitrogens is 2. The quantitative estimate of drug-likeness (QED) is 0.631. The van der Waals surface area contributed by atoms with E-state index in [-0.39, 0.29) is 12.3 Å². The number of H-pyrrole nitrogens is 1.